The highest BCUT2D eigenvalue weighted by Crippen LogP contribution is 2.28. The topological polar surface area (TPSA) is 41.8 Å². The van der Waals surface area contributed by atoms with E-state index < -0.39 is 0 Å². The fourth-order valence-corrected chi connectivity index (χ4v) is 2.00. The van der Waals surface area contributed by atoms with Gasteiger partial charge in [-0.1, -0.05) is 26.8 Å². The van der Waals surface area contributed by atoms with Gasteiger partial charge in [0, 0.05) is 29.8 Å². The Morgan fingerprint density at radius 2 is 2.12 bits per heavy atom. The van der Waals surface area contributed by atoms with Crippen molar-refractivity contribution in [3.8, 4) is 0 Å². The first-order valence-electron chi connectivity index (χ1n) is 5.63. The first-order valence-corrected chi connectivity index (χ1v) is 5.63. The lowest BCUT2D eigenvalue weighted by atomic mass is 9.86. The normalized spacial score (nSPS) is 27.5. The molecule has 2 rings (SSSR count). The summed E-state index contributed by atoms with van der Waals surface area (Å²) >= 11 is 0. The maximum atomic E-state index is 11.9. The van der Waals surface area contributed by atoms with E-state index >= 15 is 0 Å². The van der Waals surface area contributed by atoms with Gasteiger partial charge in [-0.05, 0) is 6.08 Å². The Morgan fingerprint density at radius 3 is 2.81 bits per heavy atom. The standard InChI is InChI=1S/C13H16N2O/c1-8(2)13(16)10-6-9(3)12-11(7-10)14-4-5-15-12/h4-9,12H,1-3H3. The van der Waals surface area contributed by atoms with Crippen molar-refractivity contribution in [2.75, 3.05) is 0 Å². The second kappa shape index (κ2) is 4.16. The number of nitrogens with zero attached hydrogens (tertiary/aromatic N) is 2. The molecule has 1 aliphatic carbocycles. The molecule has 0 saturated carbocycles. The maximum Gasteiger partial charge on any atom is 0.165 e. The van der Waals surface area contributed by atoms with E-state index in [1.54, 1.807) is 12.4 Å². The quantitative estimate of drug-likeness (QED) is 0.697. The van der Waals surface area contributed by atoms with Crippen LogP contribution in [0.25, 0.3) is 0 Å². The minimum absolute atomic E-state index is 0.0305. The molecule has 0 radical (unpaired) electrons. The second-order valence-electron chi connectivity index (χ2n) is 4.59. The largest absolute Gasteiger partial charge is 0.294 e. The van der Waals surface area contributed by atoms with Crippen LogP contribution in [0, 0.1) is 11.8 Å². The number of Topliss-reactive ketones (excluding diaryl/α,β-unsaturated/α-hetero) is 1. The summed E-state index contributed by atoms with van der Waals surface area (Å²) in [5.41, 5.74) is 1.68. The number of ketones is 1. The van der Waals surface area contributed by atoms with Crippen LogP contribution in [0.15, 0.2) is 33.4 Å². The Bertz CT molecular complexity index is 427. The third-order valence-corrected chi connectivity index (χ3v) is 2.89. The first kappa shape index (κ1) is 11.0. The van der Waals surface area contributed by atoms with E-state index in [1.807, 2.05) is 26.0 Å². The highest BCUT2D eigenvalue weighted by molar-refractivity contribution is 6.17. The molecule has 0 spiro atoms. The smallest absolute Gasteiger partial charge is 0.165 e. The molecule has 0 bridgehead atoms. The molecule has 2 atom stereocenters. The zero-order chi connectivity index (χ0) is 11.7. The Morgan fingerprint density at radius 1 is 1.38 bits per heavy atom. The predicted octanol–water partition coefficient (Wildman–Crippen LogP) is 2.20. The molecule has 2 unspecified atom stereocenters. The number of rotatable bonds is 2. The molecule has 0 saturated heterocycles. The average molecular weight is 216 g/mol. The van der Waals surface area contributed by atoms with E-state index in [0.717, 1.165) is 11.3 Å². The molecule has 0 aromatic heterocycles. The average Bonchev–Trinajstić information content (AvgIpc) is 2.28. The molecule has 0 N–H and O–H groups in total. The summed E-state index contributed by atoms with van der Waals surface area (Å²) in [6, 6.07) is 0.0914. The van der Waals surface area contributed by atoms with E-state index in [4.69, 9.17) is 0 Å². The van der Waals surface area contributed by atoms with E-state index in [-0.39, 0.29) is 23.7 Å². The highest BCUT2D eigenvalue weighted by Gasteiger charge is 2.27. The Hall–Kier alpha value is -1.51. The molecule has 0 aromatic rings. The first-order chi connectivity index (χ1) is 7.59. The number of hydrogen-bond acceptors (Lipinski definition) is 3. The number of fused-ring (bicyclic) bond motifs is 1. The molecule has 2 aliphatic rings. The van der Waals surface area contributed by atoms with Crippen molar-refractivity contribution in [2.45, 2.75) is 26.8 Å². The Balaban J connectivity index is 2.32. The van der Waals surface area contributed by atoms with Crippen LogP contribution in [0.5, 0.6) is 0 Å². The summed E-state index contributed by atoms with van der Waals surface area (Å²) in [6.07, 6.45) is 7.29. The fraction of sp³-hybridized carbons (Fsp3) is 0.462. The molecular weight excluding hydrogens is 200 g/mol. The molecule has 0 fully saturated rings. The number of carbonyl (C=O) groups is 1. The van der Waals surface area contributed by atoms with Crippen LogP contribution in [0.2, 0.25) is 0 Å². The molecule has 3 heteroatoms. The van der Waals surface area contributed by atoms with E-state index in [0.29, 0.717) is 0 Å². The molecule has 0 amide bonds. The highest BCUT2D eigenvalue weighted by atomic mass is 16.1. The minimum Gasteiger partial charge on any atom is -0.294 e. The zero-order valence-electron chi connectivity index (χ0n) is 9.84. The molecule has 0 aromatic carbocycles. The lowest BCUT2D eigenvalue weighted by Crippen LogP contribution is -2.25. The number of allylic oxidation sites excluding steroid dienone is 2. The van der Waals surface area contributed by atoms with Crippen molar-refractivity contribution in [3.63, 3.8) is 0 Å². The summed E-state index contributed by atoms with van der Waals surface area (Å²) in [7, 11) is 0. The molecular formula is C13H16N2O. The summed E-state index contributed by atoms with van der Waals surface area (Å²) in [5.74, 6) is 0.455. The number of hydrogen-bond donors (Lipinski definition) is 0. The molecule has 1 heterocycles. The van der Waals surface area contributed by atoms with Crippen molar-refractivity contribution in [1.82, 2.24) is 0 Å². The lowest BCUT2D eigenvalue weighted by molar-refractivity contribution is -0.118. The van der Waals surface area contributed by atoms with Gasteiger partial charge in [-0.15, -0.1) is 0 Å². The van der Waals surface area contributed by atoms with Crippen LogP contribution in [0.1, 0.15) is 20.8 Å². The number of carbonyl (C=O) groups excluding carboxylic acids is 1. The Labute approximate surface area is 95.7 Å². The van der Waals surface area contributed by atoms with Gasteiger partial charge in [0.1, 0.15) is 0 Å². The van der Waals surface area contributed by atoms with Gasteiger partial charge >= 0.3 is 0 Å². The SMILES string of the molecule is CC(C)C(=O)C1=CC(C)C2N=CC=NC2=C1. The third-order valence-electron chi connectivity index (χ3n) is 2.89. The van der Waals surface area contributed by atoms with Crippen LogP contribution >= 0.6 is 0 Å². The summed E-state index contributed by atoms with van der Waals surface area (Å²) in [4.78, 5) is 20.6. The zero-order valence-corrected chi connectivity index (χ0v) is 9.84. The van der Waals surface area contributed by atoms with Gasteiger partial charge in [0.25, 0.3) is 0 Å². The van der Waals surface area contributed by atoms with Crippen LogP contribution in [-0.2, 0) is 4.79 Å². The van der Waals surface area contributed by atoms with Gasteiger partial charge in [0.05, 0.1) is 11.7 Å². The van der Waals surface area contributed by atoms with Gasteiger partial charge in [-0.2, -0.15) is 0 Å². The lowest BCUT2D eigenvalue weighted by Gasteiger charge is -2.25. The van der Waals surface area contributed by atoms with E-state index in [2.05, 4.69) is 16.9 Å². The van der Waals surface area contributed by atoms with Gasteiger partial charge in [0.15, 0.2) is 5.78 Å². The van der Waals surface area contributed by atoms with Gasteiger partial charge in [-0.3, -0.25) is 14.8 Å². The molecule has 84 valence electrons. The van der Waals surface area contributed by atoms with Crippen molar-refractivity contribution >= 4 is 18.2 Å². The second-order valence-corrected chi connectivity index (χ2v) is 4.59. The van der Waals surface area contributed by atoms with Gasteiger partial charge in [-0.25, -0.2) is 0 Å². The maximum absolute atomic E-state index is 11.9. The van der Waals surface area contributed by atoms with E-state index in [9.17, 15) is 4.79 Å². The van der Waals surface area contributed by atoms with Crippen molar-refractivity contribution in [3.05, 3.63) is 23.4 Å². The van der Waals surface area contributed by atoms with Crippen molar-refractivity contribution in [1.29, 1.82) is 0 Å². The molecule has 16 heavy (non-hydrogen) atoms. The van der Waals surface area contributed by atoms with Gasteiger partial charge in [0.2, 0.25) is 0 Å². The summed E-state index contributed by atoms with van der Waals surface area (Å²) in [5, 5.41) is 0. The predicted molar refractivity (Wildman–Crippen MR) is 65.9 cm³/mol. The van der Waals surface area contributed by atoms with Crippen molar-refractivity contribution < 1.29 is 4.79 Å². The number of aliphatic imine (C=N–C) groups is 2. The summed E-state index contributed by atoms with van der Waals surface area (Å²) in [6.45, 7) is 5.91. The Kier molecular flexibility index (Phi) is 2.86. The van der Waals surface area contributed by atoms with Crippen LogP contribution in [0.3, 0.4) is 0 Å². The summed E-state index contributed by atoms with van der Waals surface area (Å²) < 4.78 is 0. The van der Waals surface area contributed by atoms with Gasteiger partial charge < -0.3 is 0 Å². The van der Waals surface area contributed by atoms with Crippen LogP contribution in [-0.4, -0.2) is 24.3 Å². The molecule has 1 aliphatic heterocycles. The monoisotopic (exact) mass is 216 g/mol. The van der Waals surface area contributed by atoms with E-state index in [1.165, 1.54) is 0 Å². The van der Waals surface area contributed by atoms with Crippen LogP contribution in [0.4, 0.5) is 0 Å². The molecule has 3 nitrogen and oxygen atoms in total. The fourth-order valence-electron chi connectivity index (χ4n) is 2.00. The third kappa shape index (κ3) is 1.90. The van der Waals surface area contributed by atoms with Crippen molar-refractivity contribution in [2.24, 2.45) is 21.8 Å². The van der Waals surface area contributed by atoms with Crippen LogP contribution < -0.4 is 0 Å². The minimum atomic E-state index is 0.0305.